The Balaban J connectivity index is 1.78. The van der Waals surface area contributed by atoms with Crippen molar-refractivity contribution in [1.82, 2.24) is 0 Å². The number of anilines is 3. The number of nitrogen functional groups attached to an aromatic ring is 1. The standard InChI is InChI=1S/C15H17N3OS/c1-9-2-4-11(20-9)8-17-14-6-10-3-5-15(19)18-13(10)7-12(14)16/h2,4,6-7,17H,3,5,8,16H2,1H3,(H,18,19). The van der Waals surface area contributed by atoms with Crippen molar-refractivity contribution in [2.45, 2.75) is 26.3 Å². The van der Waals surface area contributed by atoms with E-state index < -0.39 is 0 Å². The zero-order valence-electron chi connectivity index (χ0n) is 11.3. The highest BCUT2D eigenvalue weighted by atomic mass is 32.1. The molecule has 1 amide bonds. The number of amides is 1. The van der Waals surface area contributed by atoms with Gasteiger partial charge in [-0.2, -0.15) is 0 Å². The Morgan fingerprint density at radius 1 is 1.35 bits per heavy atom. The molecule has 1 aromatic carbocycles. The molecule has 0 unspecified atom stereocenters. The van der Waals surface area contributed by atoms with E-state index in [2.05, 4.69) is 29.7 Å². The molecular formula is C15H17N3OS. The van der Waals surface area contributed by atoms with Crippen LogP contribution in [0.5, 0.6) is 0 Å². The maximum atomic E-state index is 11.4. The van der Waals surface area contributed by atoms with Crippen molar-refractivity contribution in [3.8, 4) is 0 Å². The molecule has 0 atom stereocenters. The van der Waals surface area contributed by atoms with Crippen molar-refractivity contribution in [2.75, 3.05) is 16.4 Å². The molecule has 104 valence electrons. The number of benzene rings is 1. The number of rotatable bonds is 3. The van der Waals surface area contributed by atoms with Gasteiger partial charge >= 0.3 is 0 Å². The maximum Gasteiger partial charge on any atom is 0.224 e. The van der Waals surface area contributed by atoms with Gasteiger partial charge in [0.2, 0.25) is 5.91 Å². The monoisotopic (exact) mass is 287 g/mol. The Hall–Kier alpha value is -2.01. The largest absolute Gasteiger partial charge is 0.397 e. The summed E-state index contributed by atoms with van der Waals surface area (Å²) in [6.45, 7) is 2.87. The number of fused-ring (bicyclic) bond motifs is 1. The molecule has 0 radical (unpaired) electrons. The van der Waals surface area contributed by atoms with Crippen molar-refractivity contribution in [3.05, 3.63) is 39.6 Å². The molecule has 1 aromatic heterocycles. The van der Waals surface area contributed by atoms with Crippen LogP contribution in [-0.4, -0.2) is 5.91 Å². The molecule has 5 heteroatoms. The molecule has 20 heavy (non-hydrogen) atoms. The number of carbonyl (C=O) groups excluding carboxylic acids is 1. The zero-order valence-corrected chi connectivity index (χ0v) is 12.1. The second-order valence-electron chi connectivity index (χ2n) is 5.01. The number of nitrogens with two attached hydrogens (primary N) is 1. The molecule has 0 spiro atoms. The second kappa shape index (κ2) is 5.17. The summed E-state index contributed by atoms with van der Waals surface area (Å²) in [6, 6.07) is 8.13. The third-order valence-corrected chi connectivity index (χ3v) is 4.42. The van der Waals surface area contributed by atoms with Crippen LogP contribution in [0.15, 0.2) is 24.3 Å². The molecule has 0 aliphatic carbocycles. The fourth-order valence-corrected chi connectivity index (χ4v) is 3.19. The van der Waals surface area contributed by atoms with Crippen LogP contribution in [0.4, 0.5) is 17.1 Å². The van der Waals surface area contributed by atoms with Gasteiger partial charge in [0.1, 0.15) is 0 Å². The average Bonchev–Trinajstić information content (AvgIpc) is 2.82. The number of aryl methyl sites for hydroxylation is 2. The van der Waals surface area contributed by atoms with Crippen LogP contribution in [0.25, 0.3) is 0 Å². The first kappa shape index (κ1) is 13.0. The number of hydrogen-bond donors (Lipinski definition) is 3. The molecule has 2 aromatic rings. The zero-order chi connectivity index (χ0) is 14.1. The Morgan fingerprint density at radius 2 is 2.20 bits per heavy atom. The van der Waals surface area contributed by atoms with Crippen molar-refractivity contribution in [3.63, 3.8) is 0 Å². The maximum absolute atomic E-state index is 11.4. The summed E-state index contributed by atoms with van der Waals surface area (Å²) in [6.07, 6.45) is 1.31. The molecular weight excluding hydrogens is 270 g/mol. The van der Waals surface area contributed by atoms with Crippen LogP contribution in [0.2, 0.25) is 0 Å². The normalized spacial score (nSPS) is 13.8. The van der Waals surface area contributed by atoms with E-state index in [4.69, 9.17) is 5.73 Å². The molecule has 4 nitrogen and oxygen atoms in total. The minimum Gasteiger partial charge on any atom is -0.397 e. The fraction of sp³-hybridized carbons (Fsp3) is 0.267. The SMILES string of the molecule is Cc1ccc(CNc2cc3c(cc2N)NC(=O)CC3)s1. The smallest absolute Gasteiger partial charge is 0.224 e. The van der Waals surface area contributed by atoms with Crippen LogP contribution >= 0.6 is 11.3 Å². The Bertz CT molecular complexity index is 663. The third-order valence-electron chi connectivity index (χ3n) is 3.42. The molecule has 0 saturated heterocycles. The van der Waals surface area contributed by atoms with Gasteiger partial charge in [0.25, 0.3) is 0 Å². The predicted molar refractivity (Wildman–Crippen MR) is 84.2 cm³/mol. The molecule has 3 rings (SSSR count). The fourth-order valence-electron chi connectivity index (χ4n) is 2.36. The minimum absolute atomic E-state index is 0.0617. The van der Waals surface area contributed by atoms with Gasteiger partial charge in [-0.3, -0.25) is 4.79 Å². The lowest BCUT2D eigenvalue weighted by molar-refractivity contribution is -0.116. The highest BCUT2D eigenvalue weighted by molar-refractivity contribution is 7.11. The van der Waals surface area contributed by atoms with E-state index in [0.717, 1.165) is 29.9 Å². The van der Waals surface area contributed by atoms with E-state index in [-0.39, 0.29) is 5.91 Å². The minimum atomic E-state index is 0.0617. The first-order chi connectivity index (χ1) is 9.61. The summed E-state index contributed by atoms with van der Waals surface area (Å²) < 4.78 is 0. The lowest BCUT2D eigenvalue weighted by Crippen LogP contribution is -2.19. The molecule has 2 heterocycles. The molecule has 0 saturated carbocycles. The molecule has 0 bridgehead atoms. The van der Waals surface area contributed by atoms with Gasteiger partial charge in [0.05, 0.1) is 11.4 Å². The van der Waals surface area contributed by atoms with Gasteiger partial charge in [-0.15, -0.1) is 11.3 Å². The first-order valence-electron chi connectivity index (χ1n) is 6.63. The van der Waals surface area contributed by atoms with Crippen molar-refractivity contribution in [1.29, 1.82) is 0 Å². The van der Waals surface area contributed by atoms with E-state index in [1.807, 2.05) is 12.1 Å². The van der Waals surface area contributed by atoms with E-state index in [0.29, 0.717) is 12.1 Å². The highest BCUT2D eigenvalue weighted by Crippen LogP contribution is 2.31. The summed E-state index contributed by atoms with van der Waals surface area (Å²) in [5.74, 6) is 0.0617. The summed E-state index contributed by atoms with van der Waals surface area (Å²) in [5, 5.41) is 6.24. The summed E-state index contributed by atoms with van der Waals surface area (Å²) >= 11 is 1.78. The van der Waals surface area contributed by atoms with Crippen LogP contribution in [0.3, 0.4) is 0 Å². The van der Waals surface area contributed by atoms with Crippen molar-refractivity contribution >= 4 is 34.3 Å². The van der Waals surface area contributed by atoms with E-state index >= 15 is 0 Å². The number of hydrogen-bond acceptors (Lipinski definition) is 4. The van der Waals surface area contributed by atoms with Crippen LogP contribution in [-0.2, 0) is 17.8 Å². The Kier molecular flexibility index (Phi) is 3.36. The van der Waals surface area contributed by atoms with E-state index in [1.165, 1.54) is 9.75 Å². The number of thiophene rings is 1. The van der Waals surface area contributed by atoms with Crippen LogP contribution < -0.4 is 16.4 Å². The predicted octanol–water partition coefficient (Wildman–Crippen LogP) is 3.14. The third kappa shape index (κ3) is 2.63. The van der Waals surface area contributed by atoms with E-state index in [1.54, 1.807) is 11.3 Å². The van der Waals surface area contributed by atoms with Gasteiger partial charge in [-0.25, -0.2) is 0 Å². The molecule has 1 aliphatic heterocycles. The van der Waals surface area contributed by atoms with Crippen molar-refractivity contribution < 1.29 is 4.79 Å². The molecule has 0 fully saturated rings. The van der Waals surface area contributed by atoms with Crippen molar-refractivity contribution in [2.24, 2.45) is 0 Å². The number of carbonyl (C=O) groups is 1. The molecule has 4 N–H and O–H groups in total. The summed E-state index contributed by atoms with van der Waals surface area (Å²) in [7, 11) is 0. The Labute approximate surface area is 122 Å². The summed E-state index contributed by atoms with van der Waals surface area (Å²) in [5.41, 5.74) is 9.64. The van der Waals surface area contributed by atoms with Gasteiger partial charge in [0, 0.05) is 28.4 Å². The topological polar surface area (TPSA) is 67.2 Å². The van der Waals surface area contributed by atoms with E-state index in [9.17, 15) is 4.79 Å². The highest BCUT2D eigenvalue weighted by Gasteiger charge is 2.16. The quantitative estimate of drug-likeness (QED) is 0.760. The lowest BCUT2D eigenvalue weighted by Gasteiger charge is -2.19. The average molecular weight is 287 g/mol. The van der Waals surface area contributed by atoms with Gasteiger partial charge in [0.15, 0.2) is 0 Å². The van der Waals surface area contributed by atoms with Crippen LogP contribution in [0.1, 0.15) is 21.7 Å². The van der Waals surface area contributed by atoms with Crippen LogP contribution in [0, 0.1) is 6.92 Å². The lowest BCUT2D eigenvalue weighted by atomic mass is 10.0. The first-order valence-corrected chi connectivity index (χ1v) is 7.45. The number of nitrogens with one attached hydrogen (secondary N) is 2. The second-order valence-corrected chi connectivity index (χ2v) is 6.38. The summed E-state index contributed by atoms with van der Waals surface area (Å²) in [4.78, 5) is 14.0. The Morgan fingerprint density at radius 3 is 2.95 bits per heavy atom. The van der Waals surface area contributed by atoms with Gasteiger partial charge < -0.3 is 16.4 Å². The molecule has 1 aliphatic rings. The van der Waals surface area contributed by atoms with Gasteiger partial charge in [-0.05, 0) is 43.2 Å². The van der Waals surface area contributed by atoms with Gasteiger partial charge in [-0.1, -0.05) is 0 Å².